The summed E-state index contributed by atoms with van der Waals surface area (Å²) in [4.78, 5) is 0. The summed E-state index contributed by atoms with van der Waals surface area (Å²) in [7, 11) is 0. The molecule has 0 aromatic heterocycles. The number of nitrogens with two attached hydrogens (primary N) is 1. The van der Waals surface area contributed by atoms with Gasteiger partial charge < -0.3 is 15.6 Å². The molecule has 3 heteroatoms. The summed E-state index contributed by atoms with van der Waals surface area (Å²) in [6.45, 7) is 7.70. The summed E-state index contributed by atoms with van der Waals surface area (Å²) in [6.07, 6.45) is 6.06. The van der Waals surface area contributed by atoms with Crippen molar-refractivity contribution in [2.75, 3.05) is 13.2 Å². The van der Waals surface area contributed by atoms with Crippen LogP contribution in [0.1, 0.15) is 59.3 Å². The van der Waals surface area contributed by atoms with Crippen LogP contribution in [0.5, 0.6) is 0 Å². The molecular weight excluding hydrogens is 226 g/mol. The third kappa shape index (κ3) is 2.45. The Kier molecular flexibility index (Phi) is 3.79. The highest BCUT2D eigenvalue weighted by molar-refractivity contribution is 5.06. The molecule has 0 aromatic carbocycles. The van der Waals surface area contributed by atoms with Crippen LogP contribution < -0.4 is 5.73 Å². The Morgan fingerprint density at radius 3 is 2.61 bits per heavy atom. The molecule has 0 amide bonds. The molecule has 106 valence electrons. The Hall–Kier alpha value is -0.120. The number of ether oxygens (including phenoxy) is 1. The first-order valence-electron chi connectivity index (χ1n) is 7.39. The molecule has 0 aromatic rings. The van der Waals surface area contributed by atoms with Crippen LogP contribution in [0.15, 0.2) is 0 Å². The third-order valence-electron chi connectivity index (χ3n) is 5.20. The van der Waals surface area contributed by atoms with E-state index in [1.807, 2.05) is 0 Å². The number of aliphatic hydroxyl groups is 1. The second-order valence-corrected chi connectivity index (χ2v) is 7.25. The molecule has 2 aliphatic rings. The second kappa shape index (κ2) is 4.77. The molecular formula is C15H29NO2. The van der Waals surface area contributed by atoms with Gasteiger partial charge in [-0.1, -0.05) is 19.8 Å². The van der Waals surface area contributed by atoms with Crippen LogP contribution in [0.3, 0.4) is 0 Å². The summed E-state index contributed by atoms with van der Waals surface area (Å²) >= 11 is 0. The summed E-state index contributed by atoms with van der Waals surface area (Å²) in [5.74, 6) is 0.678. The van der Waals surface area contributed by atoms with Crippen molar-refractivity contribution in [1.82, 2.24) is 0 Å². The monoisotopic (exact) mass is 255 g/mol. The smallest absolute Gasteiger partial charge is 0.0765 e. The quantitative estimate of drug-likeness (QED) is 0.797. The lowest BCUT2D eigenvalue weighted by Gasteiger charge is -2.55. The first kappa shape index (κ1) is 14.3. The van der Waals surface area contributed by atoms with Gasteiger partial charge in [0.25, 0.3) is 0 Å². The van der Waals surface area contributed by atoms with Crippen molar-refractivity contribution in [3.8, 4) is 0 Å². The molecule has 1 aliphatic carbocycles. The molecule has 3 N–H and O–H groups in total. The van der Waals surface area contributed by atoms with Crippen molar-refractivity contribution in [3.63, 3.8) is 0 Å². The van der Waals surface area contributed by atoms with Gasteiger partial charge in [0, 0.05) is 24.8 Å². The Bertz CT molecular complexity index is 305. The van der Waals surface area contributed by atoms with Crippen LogP contribution in [0.4, 0.5) is 0 Å². The van der Waals surface area contributed by atoms with Crippen molar-refractivity contribution in [2.45, 2.75) is 70.5 Å². The predicted molar refractivity (Wildman–Crippen MR) is 73.3 cm³/mol. The van der Waals surface area contributed by atoms with Gasteiger partial charge in [0.1, 0.15) is 0 Å². The normalized spacial score (nSPS) is 44.8. The van der Waals surface area contributed by atoms with Gasteiger partial charge >= 0.3 is 0 Å². The minimum atomic E-state index is -0.641. The highest BCUT2D eigenvalue weighted by Gasteiger charge is 2.54. The molecule has 0 radical (unpaired) electrons. The molecule has 1 saturated heterocycles. The molecule has 0 bridgehead atoms. The maximum absolute atomic E-state index is 11.2. The van der Waals surface area contributed by atoms with E-state index in [2.05, 4.69) is 20.8 Å². The van der Waals surface area contributed by atoms with E-state index < -0.39 is 5.60 Å². The number of rotatable bonds is 2. The Morgan fingerprint density at radius 2 is 2.06 bits per heavy atom. The predicted octanol–water partition coefficient (Wildman–Crippen LogP) is 2.46. The topological polar surface area (TPSA) is 55.5 Å². The summed E-state index contributed by atoms with van der Waals surface area (Å²) in [5, 5.41) is 11.2. The maximum atomic E-state index is 11.2. The SMILES string of the molecule is CC1CCCC(CN)(C2(O)CCOC(C)(C)C2)C1. The van der Waals surface area contributed by atoms with E-state index >= 15 is 0 Å². The minimum absolute atomic E-state index is 0.0916. The lowest BCUT2D eigenvalue weighted by Crippen LogP contribution is -2.60. The van der Waals surface area contributed by atoms with Crippen molar-refractivity contribution in [3.05, 3.63) is 0 Å². The van der Waals surface area contributed by atoms with Crippen LogP contribution >= 0.6 is 0 Å². The van der Waals surface area contributed by atoms with Crippen molar-refractivity contribution in [1.29, 1.82) is 0 Å². The van der Waals surface area contributed by atoms with Gasteiger partial charge in [0.2, 0.25) is 0 Å². The maximum Gasteiger partial charge on any atom is 0.0765 e. The first-order chi connectivity index (χ1) is 8.33. The molecule has 2 rings (SSSR count). The highest BCUT2D eigenvalue weighted by Crippen LogP contribution is 2.52. The van der Waals surface area contributed by atoms with E-state index in [1.54, 1.807) is 0 Å². The molecule has 18 heavy (non-hydrogen) atoms. The summed E-state index contributed by atoms with van der Waals surface area (Å²) in [5.41, 5.74) is 5.15. The van der Waals surface area contributed by atoms with E-state index in [1.165, 1.54) is 12.8 Å². The van der Waals surface area contributed by atoms with Gasteiger partial charge in [-0.2, -0.15) is 0 Å². The van der Waals surface area contributed by atoms with Gasteiger partial charge in [-0.3, -0.25) is 0 Å². The lowest BCUT2D eigenvalue weighted by atomic mass is 9.57. The van der Waals surface area contributed by atoms with E-state index in [-0.39, 0.29) is 11.0 Å². The molecule has 1 aliphatic heterocycles. The molecule has 0 spiro atoms. The molecule has 1 saturated carbocycles. The molecule has 1 heterocycles. The first-order valence-corrected chi connectivity index (χ1v) is 7.39. The van der Waals surface area contributed by atoms with Crippen LogP contribution in [-0.4, -0.2) is 29.5 Å². The highest BCUT2D eigenvalue weighted by atomic mass is 16.5. The number of hydrogen-bond donors (Lipinski definition) is 2. The van der Waals surface area contributed by atoms with Gasteiger partial charge in [-0.05, 0) is 32.6 Å². The fourth-order valence-electron chi connectivity index (χ4n) is 4.25. The van der Waals surface area contributed by atoms with Gasteiger partial charge in [-0.15, -0.1) is 0 Å². The average molecular weight is 255 g/mol. The fraction of sp³-hybridized carbons (Fsp3) is 1.00. The average Bonchev–Trinajstić information content (AvgIpc) is 2.27. The van der Waals surface area contributed by atoms with Crippen molar-refractivity contribution >= 4 is 0 Å². The Labute approximate surface area is 111 Å². The van der Waals surface area contributed by atoms with E-state index in [0.717, 1.165) is 19.3 Å². The third-order valence-corrected chi connectivity index (χ3v) is 5.20. The van der Waals surface area contributed by atoms with Gasteiger partial charge in [-0.25, -0.2) is 0 Å². The van der Waals surface area contributed by atoms with Gasteiger partial charge in [0.15, 0.2) is 0 Å². The van der Waals surface area contributed by atoms with E-state index in [0.29, 0.717) is 25.5 Å². The zero-order chi connectivity index (χ0) is 13.4. The van der Waals surface area contributed by atoms with Crippen molar-refractivity contribution in [2.24, 2.45) is 17.1 Å². The van der Waals surface area contributed by atoms with E-state index in [9.17, 15) is 5.11 Å². The van der Waals surface area contributed by atoms with E-state index in [4.69, 9.17) is 10.5 Å². The summed E-state index contributed by atoms with van der Waals surface area (Å²) < 4.78 is 5.77. The molecule has 2 fully saturated rings. The van der Waals surface area contributed by atoms with Gasteiger partial charge in [0.05, 0.1) is 17.8 Å². The largest absolute Gasteiger partial charge is 0.389 e. The minimum Gasteiger partial charge on any atom is -0.389 e. The molecule has 3 atom stereocenters. The van der Waals surface area contributed by atoms with Crippen LogP contribution in [0, 0.1) is 11.3 Å². The van der Waals surface area contributed by atoms with Crippen LogP contribution in [0.25, 0.3) is 0 Å². The second-order valence-electron chi connectivity index (χ2n) is 7.25. The zero-order valence-corrected chi connectivity index (χ0v) is 12.2. The fourth-order valence-corrected chi connectivity index (χ4v) is 4.25. The Balaban J connectivity index is 2.24. The molecule has 3 nitrogen and oxygen atoms in total. The van der Waals surface area contributed by atoms with Crippen LogP contribution in [-0.2, 0) is 4.74 Å². The zero-order valence-electron chi connectivity index (χ0n) is 12.2. The molecule has 3 unspecified atom stereocenters. The standard InChI is InChI=1S/C15H29NO2/c1-12-5-4-6-14(9-12,11-16)15(17)7-8-18-13(2,3)10-15/h12,17H,4-11,16H2,1-3H3. The number of hydrogen-bond acceptors (Lipinski definition) is 3. The van der Waals surface area contributed by atoms with Crippen molar-refractivity contribution < 1.29 is 9.84 Å². The Morgan fingerprint density at radius 1 is 1.33 bits per heavy atom. The van der Waals surface area contributed by atoms with Crippen LogP contribution in [0.2, 0.25) is 0 Å². The lowest BCUT2D eigenvalue weighted by molar-refractivity contribution is -0.203. The summed E-state index contributed by atoms with van der Waals surface area (Å²) in [6, 6.07) is 0.